The van der Waals surface area contributed by atoms with E-state index in [1.54, 1.807) is 0 Å². The molecule has 0 aromatic heterocycles. The van der Waals surface area contributed by atoms with E-state index in [-0.39, 0.29) is 5.91 Å². The fraction of sp³-hybridized carbons (Fsp3) is 0.905. The van der Waals surface area contributed by atoms with Crippen LogP contribution >= 0.6 is 0 Å². The monoisotopic (exact) mass is 363 g/mol. The van der Waals surface area contributed by atoms with Crippen LogP contribution in [0.1, 0.15) is 65.2 Å². The van der Waals surface area contributed by atoms with Crippen LogP contribution in [0.2, 0.25) is 0 Å². The minimum atomic E-state index is 0.154. The summed E-state index contributed by atoms with van der Waals surface area (Å²) in [6.07, 6.45) is 9.38. The van der Waals surface area contributed by atoms with Crippen LogP contribution in [-0.2, 0) is 9.59 Å². The standard InChI is InChI=1S/C21H37N3O2/c1-16-6-5-9-19(17(16)2)22-20(25)15-23-10-12-24(13-11-23)21(26)14-18-7-3-4-8-18/h16-19H,3-15H2,1-2H3,(H,22,25). The van der Waals surface area contributed by atoms with E-state index in [9.17, 15) is 9.59 Å². The number of nitrogens with zero attached hydrogens (tertiary/aromatic N) is 2. The Bertz CT molecular complexity index is 482. The fourth-order valence-electron chi connectivity index (χ4n) is 4.99. The Hall–Kier alpha value is -1.10. The molecule has 0 aromatic rings. The van der Waals surface area contributed by atoms with E-state index in [1.807, 2.05) is 4.90 Å². The van der Waals surface area contributed by atoms with Crippen LogP contribution in [0.15, 0.2) is 0 Å². The lowest BCUT2D eigenvalue weighted by molar-refractivity contribution is -0.134. The van der Waals surface area contributed by atoms with Gasteiger partial charge in [-0.1, -0.05) is 39.5 Å². The van der Waals surface area contributed by atoms with Crippen LogP contribution in [0.3, 0.4) is 0 Å². The second-order valence-corrected chi connectivity index (χ2v) is 8.95. The molecule has 148 valence electrons. The number of piperazine rings is 1. The van der Waals surface area contributed by atoms with Gasteiger partial charge in [-0.3, -0.25) is 14.5 Å². The lowest BCUT2D eigenvalue weighted by atomic mass is 9.78. The Morgan fingerprint density at radius 1 is 0.923 bits per heavy atom. The molecule has 1 aliphatic heterocycles. The molecule has 26 heavy (non-hydrogen) atoms. The SMILES string of the molecule is CC1CCCC(NC(=O)CN2CCN(C(=O)CC3CCCC3)CC2)C1C. The summed E-state index contributed by atoms with van der Waals surface area (Å²) in [6.45, 7) is 8.23. The van der Waals surface area contributed by atoms with E-state index in [2.05, 4.69) is 24.1 Å². The first-order valence-electron chi connectivity index (χ1n) is 10.8. The molecular weight excluding hydrogens is 326 g/mol. The molecule has 3 aliphatic rings. The van der Waals surface area contributed by atoms with Gasteiger partial charge in [0.15, 0.2) is 0 Å². The maximum atomic E-state index is 12.4. The number of rotatable bonds is 5. The molecule has 1 N–H and O–H groups in total. The van der Waals surface area contributed by atoms with E-state index in [0.717, 1.165) is 39.0 Å². The summed E-state index contributed by atoms with van der Waals surface area (Å²) in [5, 5.41) is 3.27. The van der Waals surface area contributed by atoms with Gasteiger partial charge in [0, 0.05) is 38.6 Å². The number of hydrogen-bond acceptors (Lipinski definition) is 3. The van der Waals surface area contributed by atoms with E-state index >= 15 is 0 Å². The number of carbonyl (C=O) groups is 2. The third kappa shape index (κ3) is 5.21. The lowest BCUT2D eigenvalue weighted by Crippen LogP contribution is -2.53. The fourth-order valence-corrected chi connectivity index (χ4v) is 4.99. The molecule has 0 spiro atoms. The van der Waals surface area contributed by atoms with Crippen LogP contribution in [0.4, 0.5) is 0 Å². The summed E-state index contributed by atoms with van der Waals surface area (Å²) < 4.78 is 0. The normalized spacial score (nSPS) is 31.2. The quantitative estimate of drug-likeness (QED) is 0.817. The molecule has 1 saturated heterocycles. The molecule has 0 bridgehead atoms. The Kier molecular flexibility index (Phi) is 6.96. The lowest BCUT2D eigenvalue weighted by Gasteiger charge is -2.37. The molecule has 2 amide bonds. The number of nitrogens with one attached hydrogen (secondary N) is 1. The first-order valence-corrected chi connectivity index (χ1v) is 10.8. The number of carbonyl (C=O) groups excluding carboxylic acids is 2. The first kappa shape index (κ1) is 19.7. The average Bonchev–Trinajstić information content (AvgIpc) is 3.12. The highest BCUT2D eigenvalue weighted by atomic mass is 16.2. The maximum Gasteiger partial charge on any atom is 0.234 e. The predicted molar refractivity (Wildman–Crippen MR) is 104 cm³/mol. The van der Waals surface area contributed by atoms with E-state index < -0.39 is 0 Å². The molecule has 5 heteroatoms. The number of amides is 2. The maximum absolute atomic E-state index is 12.4. The molecule has 3 fully saturated rings. The van der Waals surface area contributed by atoms with Gasteiger partial charge in [0.05, 0.1) is 6.54 Å². The van der Waals surface area contributed by atoms with Crippen molar-refractivity contribution >= 4 is 11.8 Å². The van der Waals surface area contributed by atoms with E-state index in [1.165, 1.54) is 38.5 Å². The molecular formula is C21H37N3O2. The van der Waals surface area contributed by atoms with Crippen molar-refractivity contribution in [3.63, 3.8) is 0 Å². The summed E-state index contributed by atoms with van der Waals surface area (Å²) in [5.41, 5.74) is 0. The van der Waals surface area contributed by atoms with Crippen LogP contribution in [-0.4, -0.2) is 60.4 Å². The third-order valence-corrected chi connectivity index (χ3v) is 7.08. The third-order valence-electron chi connectivity index (χ3n) is 7.08. The summed E-state index contributed by atoms with van der Waals surface area (Å²) in [5.74, 6) is 2.36. The van der Waals surface area contributed by atoms with Crippen molar-refractivity contribution in [3.05, 3.63) is 0 Å². The summed E-state index contributed by atoms with van der Waals surface area (Å²) in [6, 6.07) is 0.334. The first-order chi connectivity index (χ1) is 12.5. The van der Waals surface area contributed by atoms with Crippen LogP contribution in [0.25, 0.3) is 0 Å². The topological polar surface area (TPSA) is 52.7 Å². The van der Waals surface area contributed by atoms with Gasteiger partial charge in [0.1, 0.15) is 0 Å². The molecule has 1 heterocycles. The molecule has 3 rings (SSSR count). The molecule has 2 aliphatic carbocycles. The highest BCUT2D eigenvalue weighted by molar-refractivity contribution is 5.78. The zero-order valence-corrected chi connectivity index (χ0v) is 16.7. The van der Waals surface area contributed by atoms with E-state index in [0.29, 0.717) is 36.2 Å². The minimum absolute atomic E-state index is 0.154. The Balaban J connectivity index is 1.36. The van der Waals surface area contributed by atoms with Gasteiger partial charge in [0.25, 0.3) is 0 Å². The van der Waals surface area contributed by atoms with Crippen molar-refractivity contribution in [2.45, 2.75) is 71.3 Å². The van der Waals surface area contributed by atoms with Gasteiger partial charge in [-0.05, 0) is 37.0 Å². The zero-order chi connectivity index (χ0) is 18.5. The molecule has 0 radical (unpaired) electrons. The summed E-state index contributed by atoms with van der Waals surface area (Å²) >= 11 is 0. The van der Waals surface area contributed by atoms with Crippen LogP contribution in [0, 0.1) is 17.8 Å². The van der Waals surface area contributed by atoms with E-state index in [4.69, 9.17) is 0 Å². The van der Waals surface area contributed by atoms with Gasteiger partial charge in [-0.2, -0.15) is 0 Å². The summed E-state index contributed by atoms with van der Waals surface area (Å²) in [7, 11) is 0. The Morgan fingerprint density at radius 2 is 1.62 bits per heavy atom. The largest absolute Gasteiger partial charge is 0.352 e. The van der Waals surface area contributed by atoms with Crippen molar-refractivity contribution < 1.29 is 9.59 Å². The highest BCUT2D eigenvalue weighted by Crippen LogP contribution is 2.29. The second kappa shape index (κ2) is 9.20. The van der Waals surface area contributed by atoms with Crippen molar-refractivity contribution in [1.29, 1.82) is 0 Å². The van der Waals surface area contributed by atoms with Crippen molar-refractivity contribution in [3.8, 4) is 0 Å². The van der Waals surface area contributed by atoms with Crippen molar-refractivity contribution in [1.82, 2.24) is 15.1 Å². The Morgan fingerprint density at radius 3 is 2.31 bits per heavy atom. The van der Waals surface area contributed by atoms with Gasteiger partial charge >= 0.3 is 0 Å². The minimum Gasteiger partial charge on any atom is -0.352 e. The average molecular weight is 364 g/mol. The molecule has 5 nitrogen and oxygen atoms in total. The molecule has 3 atom stereocenters. The summed E-state index contributed by atoms with van der Waals surface area (Å²) in [4.78, 5) is 29.1. The smallest absolute Gasteiger partial charge is 0.234 e. The second-order valence-electron chi connectivity index (χ2n) is 8.95. The molecule has 3 unspecified atom stereocenters. The zero-order valence-electron chi connectivity index (χ0n) is 16.7. The number of hydrogen-bond donors (Lipinski definition) is 1. The van der Waals surface area contributed by atoms with Crippen molar-refractivity contribution in [2.24, 2.45) is 17.8 Å². The van der Waals surface area contributed by atoms with Gasteiger partial charge in [-0.15, -0.1) is 0 Å². The van der Waals surface area contributed by atoms with Gasteiger partial charge in [-0.25, -0.2) is 0 Å². The molecule has 0 aromatic carbocycles. The van der Waals surface area contributed by atoms with Gasteiger partial charge < -0.3 is 10.2 Å². The van der Waals surface area contributed by atoms with Gasteiger partial charge in [0.2, 0.25) is 11.8 Å². The van der Waals surface area contributed by atoms with Crippen LogP contribution in [0.5, 0.6) is 0 Å². The Labute approximate surface area is 158 Å². The molecule has 2 saturated carbocycles. The van der Waals surface area contributed by atoms with Crippen molar-refractivity contribution in [2.75, 3.05) is 32.7 Å². The predicted octanol–water partition coefficient (Wildman–Crippen LogP) is 2.65. The van der Waals surface area contributed by atoms with Crippen LogP contribution < -0.4 is 5.32 Å². The highest BCUT2D eigenvalue weighted by Gasteiger charge is 2.29.